The molecule has 0 saturated heterocycles. The molecule has 1 aromatic carbocycles. The third-order valence-corrected chi connectivity index (χ3v) is 3.60. The average Bonchev–Trinajstić information content (AvgIpc) is 2.29. The summed E-state index contributed by atoms with van der Waals surface area (Å²) in [5, 5.41) is 3.39. The van der Waals surface area contributed by atoms with Crippen LogP contribution < -0.4 is 5.32 Å². The normalized spacial score (nSPS) is 13.5. The first-order valence-corrected chi connectivity index (χ1v) is 8.05. The van der Waals surface area contributed by atoms with Gasteiger partial charge in [-0.05, 0) is 24.9 Å². The van der Waals surface area contributed by atoms with Gasteiger partial charge < -0.3 is 5.32 Å². The third-order valence-electron chi connectivity index (χ3n) is 2.62. The predicted octanol–water partition coefficient (Wildman–Crippen LogP) is 2.16. The summed E-state index contributed by atoms with van der Waals surface area (Å²) in [7, 11) is -2.89. The van der Waals surface area contributed by atoms with Gasteiger partial charge in [-0.3, -0.25) is 0 Å². The highest BCUT2D eigenvalue weighted by Crippen LogP contribution is 2.17. The van der Waals surface area contributed by atoms with E-state index in [1.54, 1.807) is 0 Å². The van der Waals surface area contributed by atoms with E-state index in [0.29, 0.717) is 6.42 Å². The van der Waals surface area contributed by atoms with Crippen LogP contribution in [0.2, 0.25) is 0 Å². The molecule has 1 aromatic rings. The number of rotatable bonds is 7. The molecular weight excluding hydrogens is 234 g/mol. The quantitative estimate of drug-likeness (QED) is 0.812. The van der Waals surface area contributed by atoms with Crippen molar-refractivity contribution < 1.29 is 8.42 Å². The maximum Gasteiger partial charge on any atom is 0.147 e. The second kappa shape index (κ2) is 6.77. The van der Waals surface area contributed by atoms with Crippen molar-refractivity contribution in [3.8, 4) is 0 Å². The van der Waals surface area contributed by atoms with Crippen LogP contribution in [-0.2, 0) is 9.84 Å². The van der Waals surface area contributed by atoms with E-state index in [4.69, 9.17) is 0 Å². The summed E-state index contributed by atoms with van der Waals surface area (Å²) in [6.07, 6.45) is 2.96. The maximum atomic E-state index is 11.2. The van der Waals surface area contributed by atoms with Crippen LogP contribution in [0.5, 0.6) is 0 Å². The highest BCUT2D eigenvalue weighted by Gasteiger charge is 2.13. The molecule has 3 nitrogen and oxygen atoms in total. The molecule has 96 valence electrons. The van der Waals surface area contributed by atoms with E-state index in [2.05, 4.69) is 12.2 Å². The van der Waals surface area contributed by atoms with E-state index >= 15 is 0 Å². The van der Waals surface area contributed by atoms with Crippen molar-refractivity contribution in [1.29, 1.82) is 0 Å². The van der Waals surface area contributed by atoms with Crippen molar-refractivity contribution in [2.24, 2.45) is 0 Å². The molecule has 0 spiro atoms. The van der Waals surface area contributed by atoms with Crippen molar-refractivity contribution in [2.45, 2.75) is 25.8 Å². The zero-order valence-electron chi connectivity index (χ0n) is 10.5. The average molecular weight is 255 g/mol. The fourth-order valence-electron chi connectivity index (χ4n) is 1.72. The van der Waals surface area contributed by atoms with Crippen LogP contribution in [0.4, 0.5) is 0 Å². The molecule has 0 saturated carbocycles. The minimum Gasteiger partial charge on any atom is -0.310 e. The van der Waals surface area contributed by atoms with Gasteiger partial charge in [-0.15, -0.1) is 0 Å². The lowest BCUT2D eigenvalue weighted by molar-refractivity contribution is 0.513. The van der Waals surface area contributed by atoms with Gasteiger partial charge in [0.15, 0.2) is 0 Å². The number of benzene rings is 1. The molecule has 0 aliphatic rings. The molecule has 1 atom stereocenters. The largest absolute Gasteiger partial charge is 0.310 e. The minimum absolute atomic E-state index is 0.130. The Bertz CT molecular complexity index is 414. The minimum atomic E-state index is -2.89. The summed E-state index contributed by atoms with van der Waals surface area (Å²) >= 11 is 0. The number of hydrogen-bond acceptors (Lipinski definition) is 3. The standard InChI is InChI=1S/C13H21NO2S/c1-3-10-14-13(9-11-17(2,15)16)12-7-5-4-6-8-12/h4-8,13-14H,3,9-11H2,1-2H3. The van der Waals surface area contributed by atoms with Crippen molar-refractivity contribution in [2.75, 3.05) is 18.6 Å². The maximum absolute atomic E-state index is 11.2. The van der Waals surface area contributed by atoms with E-state index in [1.165, 1.54) is 6.26 Å². The van der Waals surface area contributed by atoms with Crippen molar-refractivity contribution >= 4 is 9.84 Å². The topological polar surface area (TPSA) is 46.2 Å². The van der Waals surface area contributed by atoms with Gasteiger partial charge in [-0.2, -0.15) is 0 Å². The Balaban J connectivity index is 2.67. The first-order chi connectivity index (χ1) is 8.03. The Morgan fingerprint density at radius 3 is 2.41 bits per heavy atom. The summed E-state index contributed by atoms with van der Waals surface area (Å²) in [5.74, 6) is 0.225. The Morgan fingerprint density at radius 2 is 1.88 bits per heavy atom. The first kappa shape index (κ1) is 14.2. The van der Waals surface area contributed by atoms with Gasteiger partial charge in [-0.25, -0.2) is 8.42 Å². The van der Waals surface area contributed by atoms with Gasteiger partial charge in [0.25, 0.3) is 0 Å². The summed E-state index contributed by atoms with van der Waals surface area (Å²) in [6, 6.07) is 10.1. The summed E-state index contributed by atoms with van der Waals surface area (Å²) < 4.78 is 22.4. The van der Waals surface area contributed by atoms with Crippen LogP contribution in [0, 0.1) is 0 Å². The van der Waals surface area contributed by atoms with Crippen molar-refractivity contribution in [3.63, 3.8) is 0 Å². The zero-order valence-corrected chi connectivity index (χ0v) is 11.3. The van der Waals surface area contributed by atoms with Crippen LogP contribution in [-0.4, -0.2) is 27.0 Å². The Labute approximate surface area is 104 Å². The Morgan fingerprint density at radius 1 is 1.24 bits per heavy atom. The van der Waals surface area contributed by atoms with Gasteiger partial charge in [0.2, 0.25) is 0 Å². The molecule has 0 aromatic heterocycles. The molecule has 4 heteroatoms. The van der Waals surface area contributed by atoms with E-state index < -0.39 is 9.84 Å². The molecular formula is C13H21NO2S. The van der Waals surface area contributed by atoms with Crippen molar-refractivity contribution in [1.82, 2.24) is 5.32 Å². The molecule has 0 bridgehead atoms. The summed E-state index contributed by atoms with van der Waals surface area (Å²) in [6.45, 7) is 3.01. The van der Waals surface area contributed by atoms with Crippen molar-refractivity contribution in [3.05, 3.63) is 35.9 Å². The van der Waals surface area contributed by atoms with E-state index in [9.17, 15) is 8.42 Å². The van der Waals surface area contributed by atoms with Gasteiger partial charge in [-0.1, -0.05) is 37.3 Å². The van der Waals surface area contributed by atoms with Crippen LogP contribution >= 0.6 is 0 Å². The van der Waals surface area contributed by atoms with Gasteiger partial charge >= 0.3 is 0 Å². The molecule has 0 aliphatic carbocycles. The molecule has 0 radical (unpaired) electrons. The fourth-order valence-corrected chi connectivity index (χ4v) is 2.39. The van der Waals surface area contributed by atoms with Gasteiger partial charge in [0.05, 0.1) is 5.75 Å². The monoisotopic (exact) mass is 255 g/mol. The van der Waals surface area contributed by atoms with E-state index in [1.807, 2.05) is 30.3 Å². The first-order valence-electron chi connectivity index (χ1n) is 5.99. The molecule has 1 rings (SSSR count). The lowest BCUT2D eigenvalue weighted by Gasteiger charge is -2.18. The summed E-state index contributed by atoms with van der Waals surface area (Å²) in [5.41, 5.74) is 1.16. The molecule has 1 N–H and O–H groups in total. The van der Waals surface area contributed by atoms with Crippen LogP contribution in [0.25, 0.3) is 0 Å². The van der Waals surface area contributed by atoms with Crippen LogP contribution in [0.15, 0.2) is 30.3 Å². The number of sulfone groups is 1. The highest BCUT2D eigenvalue weighted by atomic mass is 32.2. The second-order valence-electron chi connectivity index (χ2n) is 4.34. The molecule has 1 unspecified atom stereocenters. The SMILES string of the molecule is CCCNC(CCS(C)(=O)=O)c1ccccc1. The highest BCUT2D eigenvalue weighted by molar-refractivity contribution is 7.90. The Hall–Kier alpha value is -0.870. The molecule has 17 heavy (non-hydrogen) atoms. The molecule has 0 amide bonds. The fraction of sp³-hybridized carbons (Fsp3) is 0.538. The van der Waals surface area contributed by atoms with Gasteiger partial charge in [0.1, 0.15) is 9.84 Å². The predicted molar refractivity (Wildman–Crippen MR) is 71.8 cm³/mol. The van der Waals surface area contributed by atoms with E-state index in [-0.39, 0.29) is 11.8 Å². The van der Waals surface area contributed by atoms with Gasteiger partial charge in [0, 0.05) is 12.3 Å². The number of nitrogens with one attached hydrogen (secondary N) is 1. The lowest BCUT2D eigenvalue weighted by atomic mass is 10.0. The second-order valence-corrected chi connectivity index (χ2v) is 6.60. The third kappa shape index (κ3) is 5.84. The Kier molecular flexibility index (Phi) is 5.65. The summed E-state index contributed by atoms with van der Waals surface area (Å²) in [4.78, 5) is 0. The smallest absolute Gasteiger partial charge is 0.147 e. The van der Waals surface area contributed by atoms with Crippen LogP contribution in [0.3, 0.4) is 0 Å². The molecule has 0 heterocycles. The van der Waals surface area contributed by atoms with Crippen LogP contribution in [0.1, 0.15) is 31.4 Å². The molecule has 0 aliphatic heterocycles. The van der Waals surface area contributed by atoms with E-state index in [0.717, 1.165) is 18.5 Å². The zero-order chi connectivity index (χ0) is 12.7. The number of hydrogen-bond donors (Lipinski definition) is 1. The molecule has 0 fully saturated rings. The lowest BCUT2D eigenvalue weighted by Crippen LogP contribution is -2.24.